The van der Waals surface area contributed by atoms with E-state index in [1.165, 1.54) is 6.92 Å². The summed E-state index contributed by atoms with van der Waals surface area (Å²) in [4.78, 5) is 78.9. The molecule has 13 heteroatoms. The number of hydrogen-bond donors (Lipinski definition) is 4. The van der Waals surface area contributed by atoms with Gasteiger partial charge < -0.3 is 20.4 Å². The summed E-state index contributed by atoms with van der Waals surface area (Å²) in [7, 11) is 0. The van der Waals surface area contributed by atoms with E-state index in [0.717, 1.165) is 38.5 Å². The molecule has 2 unspecified atom stereocenters. The number of ketones is 4. The van der Waals surface area contributed by atoms with Gasteiger partial charge in [-0.25, -0.2) is 0 Å². The number of nitrogens with zero attached hydrogens (tertiary/aromatic N) is 3. The van der Waals surface area contributed by atoms with E-state index in [9.17, 15) is 49.2 Å². The van der Waals surface area contributed by atoms with Crippen LogP contribution in [0, 0.1) is 23.7 Å². The van der Waals surface area contributed by atoms with Gasteiger partial charge in [-0.3, -0.25) is 43.5 Å². The van der Waals surface area contributed by atoms with Gasteiger partial charge in [0.1, 0.15) is 23.1 Å². The van der Waals surface area contributed by atoms with E-state index in [-0.39, 0.29) is 72.9 Å². The van der Waals surface area contributed by atoms with Crippen molar-refractivity contribution in [2.45, 2.75) is 116 Å². The monoisotopic (exact) mass is 709 g/mol. The van der Waals surface area contributed by atoms with E-state index < -0.39 is 18.2 Å². The number of carbonyl (C=O) groups excluding carboxylic acids is 4. The molecule has 0 aromatic heterocycles. The maximum Gasteiger partial charge on any atom is 0.317 e. The molecule has 2 fully saturated rings. The van der Waals surface area contributed by atoms with Gasteiger partial charge in [0.15, 0.2) is 6.29 Å². The molecule has 4 N–H and O–H groups in total. The summed E-state index contributed by atoms with van der Waals surface area (Å²) < 4.78 is 0. The fraction of sp³-hybridized carbons (Fsp3) is 0.838. The number of Topliss-reactive ketones (excluding diaryl/α,β-unsaturated/α-hetero) is 4. The highest BCUT2D eigenvalue weighted by Gasteiger charge is 2.38. The fourth-order valence-corrected chi connectivity index (χ4v) is 7.46. The third-order valence-corrected chi connectivity index (χ3v) is 10.4. The molecule has 2 rings (SSSR count). The highest BCUT2D eigenvalue weighted by atomic mass is 16.5. The van der Waals surface area contributed by atoms with Gasteiger partial charge in [-0.1, -0.05) is 26.2 Å². The Bertz CT molecular complexity index is 1070. The van der Waals surface area contributed by atoms with E-state index in [1.54, 1.807) is 4.90 Å². The summed E-state index contributed by atoms with van der Waals surface area (Å²) in [5.74, 6) is -2.41. The Balaban J connectivity index is 1.74. The Hall–Kier alpha value is -2.58. The van der Waals surface area contributed by atoms with Crippen molar-refractivity contribution in [3.63, 3.8) is 0 Å². The van der Waals surface area contributed by atoms with Crippen LogP contribution in [-0.4, -0.2) is 135 Å². The van der Waals surface area contributed by atoms with E-state index in [1.807, 2.05) is 16.7 Å². The number of carbonyl (C=O) groups is 6. The Labute approximate surface area is 297 Å². The predicted octanol–water partition coefficient (Wildman–Crippen LogP) is 3.03. The molecule has 1 heterocycles. The average molecular weight is 710 g/mol. The molecule has 1 aliphatic heterocycles. The molecule has 0 spiro atoms. The van der Waals surface area contributed by atoms with Crippen LogP contribution in [0.5, 0.6) is 0 Å². The minimum absolute atomic E-state index is 0.000939. The molecule has 0 radical (unpaired) electrons. The molecule has 1 saturated heterocycles. The van der Waals surface area contributed by atoms with Gasteiger partial charge >= 0.3 is 11.9 Å². The molecule has 0 aromatic carbocycles. The van der Waals surface area contributed by atoms with Crippen molar-refractivity contribution < 1.29 is 49.2 Å². The second-order valence-electron chi connectivity index (χ2n) is 14.8. The summed E-state index contributed by atoms with van der Waals surface area (Å²) in [6, 6.07) is 0. The van der Waals surface area contributed by atoms with Gasteiger partial charge in [-0.15, -0.1) is 0 Å². The lowest BCUT2D eigenvalue weighted by molar-refractivity contribution is -0.140. The van der Waals surface area contributed by atoms with E-state index in [0.29, 0.717) is 90.6 Å². The first kappa shape index (κ1) is 43.6. The van der Waals surface area contributed by atoms with Crippen LogP contribution in [-0.2, 0) is 28.8 Å². The average Bonchev–Trinajstić information content (AvgIpc) is 3.53. The van der Waals surface area contributed by atoms with Crippen molar-refractivity contribution in [1.82, 2.24) is 14.7 Å². The number of aliphatic hydroxyl groups is 2. The SMILES string of the molecule is CC(=O)CN1CCN(CC(=O)O)CCC(CC(=O)O)CCN(CC(=O)CCCCC(=O)CCCCC[C@H](C)C(=O)C2CCC[C@H]2C(O)O)CC1. The summed E-state index contributed by atoms with van der Waals surface area (Å²) in [6.45, 7) is 6.66. The first-order valence-electron chi connectivity index (χ1n) is 18.8. The minimum atomic E-state index is -1.44. The first-order valence-corrected chi connectivity index (χ1v) is 18.8. The zero-order valence-electron chi connectivity index (χ0n) is 30.4. The molecular formula is C37H63N3O10. The maximum absolute atomic E-state index is 13.0. The van der Waals surface area contributed by atoms with Gasteiger partial charge in [-0.05, 0) is 77.3 Å². The standard InChI is InChI=1S/C37H63N3O10/c1-27(36(48)32-13-8-14-33(32)37(49)50)9-4-3-5-10-30(42)11-6-7-12-31(43)25-38-17-15-29(23-34(44)45)16-18-39(26-35(46)47)20-22-40(21-19-38)24-28(2)41/h27,29,32-33,37,49-50H,3-26H2,1-2H3,(H,44,45)(H,46,47)/t27-,29?,32?,33+/m0/s1. The van der Waals surface area contributed by atoms with Crippen LogP contribution >= 0.6 is 0 Å². The van der Waals surface area contributed by atoms with E-state index >= 15 is 0 Å². The molecule has 0 amide bonds. The van der Waals surface area contributed by atoms with Crippen molar-refractivity contribution in [3.05, 3.63) is 0 Å². The number of carboxylic acid groups (broad SMARTS) is 2. The summed E-state index contributed by atoms with van der Waals surface area (Å²) in [5.41, 5.74) is 0. The molecule has 286 valence electrons. The fourth-order valence-electron chi connectivity index (χ4n) is 7.46. The Morgan fingerprint density at radius 2 is 1.18 bits per heavy atom. The van der Waals surface area contributed by atoms with Gasteiger partial charge in [0.2, 0.25) is 0 Å². The van der Waals surface area contributed by atoms with Crippen molar-refractivity contribution in [2.24, 2.45) is 23.7 Å². The van der Waals surface area contributed by atoms with Crippen LogP contribution < -0.4 is 0 Å². The van der Waals surface area contributed by atoms with Crippen molar-refractivity contribution in [1.29, 1.82) is 0 Å². The normalized spacial score (nSPS) is 22.5. The molecule has 1 saturated carbocycles. The quantitative estimate of drug-likeness (QED) is 0.0948. The molecule has 0 aromatic rings. The van der Waals surface area contributed by atoms with Crippen LogP contribution in [0.3, 0.4) is 0 Å². The Morgan fingerprint density at radius 1 is 0.640 bits per heavy atom. The number of aliphatic hydroxyl groups excluding tert-OH is 1. The predicted molar refractivity (Wildman–Crippen MR) is 187 cm³/mol. The lowest BCUT2D eigenvalue weighted by Gasteiger charge is -2.32. The van der Waals surface area contributed by atoms with Gasteiger partial charge in [-0.2, -0.15) is 0 Å². The zero-order valence-corrected chi connectivity index (χ0v) is 30.4. The summed E-state index contributed by atoms with van der Waals surface area (Å²) in [5, 5.41) is 37.9. The lowest BCUT2D eigenvalue weighted by Crippen LogP contribution is -2.45. The third-order valence-electron chi connectivity index (χ3n) is 10.4. The molecule has 13 nitrogen and oxygen atoms in total. The van der Waals surface area contributed by atoms with Crippen molar-refractivity contribution >= 4 is 35.1 Å². The van der Waals surface area contributed by atoms with Gasteiger partial charge in [0.25, 0.3) is 0 Å². The largest absolute Gasteiger partial charge is 0.481 e. The minimum Gasteiger partial charge on any atom is -0.481 e. The number of unbranched alkanes of at least 4 members (excludes halogenated alkanes) is 3. The molecule has 4 atom stereocenters. The van der Waals surface area contributed by atoms with Crippen molar-refractivity contribution in [3.8, 4) is 0 Å². The molecular weight excluding hydrogens is 646 g/mol. The van der Waals surface area contributed by atoms with Crippen molar-refractivity contribution in [2.75, 3.05) is 58.9 Å². The number of carboxylic acids is 2. The van der Waals surface area contributed by atoms with Crippen LogP contribution in [0.25, 0.3) is 0 Å². The number of aliphatic carboxylic acids is 2. The summed E-state index contributed by atoms with van der Waals surface area (Å²) >= 11 is 0. The molecule has 0 bridgehead atoms. The molecule has 1 aliphatic carbocycles. The number of rotatable bonds is 22. The second kappa shape index (κ2) is 23.8. The zero-order chi connectivity index (χ0) is 37.1. The van der Waals surface area contributed by atoms with Crippen LogP contribution in [0.15, 0.2) is 0 Å². The van der Waals surface area contributed by atoms with E-state index in [4.69, 9.17) is 0 Å². The third kappa shape index (κ3) is 18.1. The smallest absolute Gasteiger partial charge is 0.317 e. The van der Waals surface area contributed by atoms with Crippen LogP contribution in [0.1, 0.15) is 110 Å². The topological polar surface area (TPSA) is 193 Å². The number of hydrogen-bond acceptors (Lipinski definition) is 11. The summed E-state index contributed by atoms with van der Waals surface area (Å²) in [6.07, 6.45) is 7.56. The maximum atomic E-state index is 13.0. The van der Waals surface area contributed by atoms with E-state index in [2.05, 4.69) is 0 Å². The Kier molecular flexibility index (Phi) is 20.8. The highest BCUT2D eigenvalue weighted by molar-refractivity contribution is 5.83. The second-order valence-corrected chi connectivity index (χ2v) is 14.8. The lowest BCUT2D eigenvalue weighted by atomic mass is 9.83. The first-order chi connectivity index (χ1) is 23.7. The highest BCUT2D eigenvalue weighted by Crippen LogP contribution is 2.36. The van der Waals surface area contributed by atoms with Crippen LogP contribution in [0.2, 0.25) is 0 Å². The van der Waals surface area contributed by atoms with Gasteiger partial charge in [0.05, 0.1) is 19.6 Å². The molecule has 2 aliphatic rings. The molecule has 50 heavy (non-hydrogen) atoms. The van der Waals surface area contributed by atoms with Crippen LogP contribution in [0.4, 0.5) is 0 Å². The van der Waals surface area contributed by atoms with Gasteiger partial charge in [0, 0.05) is 69.6 Å². The Morgan fingerprint density at radius 3 is 1.72 bits per heavy atom.